The van der Waals surface area contributed by atoms with Crippen molar-refractivity contribution in [1.82, 2.24) is 0 Å². The van der Waals surface area contributed by atoms with Crippen molar-refractivity contribution in [2.24, 2.45) is 0 Å². The maximum atomic E-state index is 10.3. The van der Waals surface area contributed by atoms with Crippen LogP contribution in [0.5, 0.6) is 0 Å². The van der Waals surface area contributed by atoms with Crippen molar-refractivity contribution < 1.29 is 14.6 Å². The Morgan fingerprint density at radius 1 is 1.18 bits per heavy atom. The average Bonchev–Trinajstić information content (AvgIpc) is 3.04. The van der Waals surface area contributed by atoms with Gasteiger partial charge < -0.3 is 9.84 Å². The minimum Gasteiger partial charge on any atom is -0.478 e. The van der Waals surface area contributed by atoms with Crippen molar-refractivity contribution in [2.45, 2.75) is 70.5 Å². The molecule has 2 atom stereocenters. The van der Waals surface area contributed by atoms with Gasteiger partial charge in [0.1, 0.15) is 6.10 Å². The van der Waals surface area contributed by atoms with Gasteiger partial charge in [-0.2, -0.15) is 0 Å². The Morgan fingerprint density at radius 3 is 2.47 bits per heavy atom. The second kappa shape index (κ2) is 8.29. The van der Waals surface area contributed by atoms with Crippen molar-refractivity contribution in [3.63, 3.8) is 0 Å². The van der Waals surface area contributed by atoms with Crippen LogP contribution in [-0.2, 0) is 9.53 Å². The van der Waals surface area contributed by atoms with Gasteiger partial charge >= 0.3 is 5.97 Å². The second-order valence-electron chi connectivity index (χ2n) is 4.75. The van der Waals surface area contributed by atoms with E-state index in [9.17, 15) is 4.79 Å². The molecule has 1 heterocycles. The van der Waals surface area contributed by atoms with Crippen LogP contribution in [0.1, 0.15) is 58.3 Å². The van der Waals surface area contributed by atoms with E-state index < -0.39 is 5.97 Å². The van der Waals surface area contributed by atoms with E-state index in [0.717, 1.165) is 6.42 Å². The Morgan fingerprint density at radius 2 is 1.82 bits per heavy atom. The van der Waals surface area contributed by atoms with Crippen molar-refractivity contribution in [2.75, 3.05) is 0 Å². The maximum Gasteiger partial charge on any atom is 0.328 e. The molecule has 0 aliphatic carbocycles. The molecule has 17 heavy (non-hydrogen) atoms. The number of hydrogen-bond acceptors (Lipinski definition) is 2. The highest BCUT2D eigenvalue weighted by Crippen LogP contribution is 2.28. The van der Waals surface area contributed by atoms with Crippen molar-refractivity contribution in [3.05, 3.63) is 12.2 Å². The first kappa shape index (κ1) is 14.2. The predicted octanol–water partition coefficient (Wildman–Crippen LogP) is 3.54. The lowest BCUT2D eigenvalue weighted by atomic mass is 10.1. The van der Waals surface area contributed by atoms with Crippen LogP contribution < -0.4 is 0 Å². The van der Waals surface area contributed by atoms with Crippen LogP contribution in [0.3, 0.4) is 0 Å². The third-order valence-electron chi connectivity index (χ3n) is 3.14. The quantitative estimate of drug-likeness (QED) is 0.361. The average molecular weight is 240 g/mol. The first-order chi connectivity index (χ1) is 8.24. The van der Waals surface area contributed by atoms with Crippen LogP contribution in [0, 0.1) is 0 Å². The van der Waals surface area contributed by atoms with Crippen molar-refractivity contribution in [1.29, 1.82) is 0 Å². The van der Waals surface area contributed by atoms with E-state index in [4.69, 9.17) is 9.84 Å². The standard InChI is InChI=1S/C14H24O3/c1-2-3-4-5-6-7-8-9-12-13(17-12)10-11-14(15)16/h10-13H,2-9H2,1H3,(H,15,16)/b11-10+/t12-,13-/m0/s1. The van der Waals surface area contributed by atoms with E-state index >= 15 is 0 Å². The highest BCUT2D eigenvalue weighted by atomic mass is 16.6. The minimum absolute atomic E-state index is 0.0613. The smallest absolute Gasteiger partial charge is 0.328 e. The summed E-state index contributed by atoms with van der Waals surface area (Å²) < 4.78 is 5.36. The molecule has 98 valence electrons. The molecule has 1 fully saturated rings. The largest absolute Gasteiger partial charge is 0.478 e. The van der Waals surface area contributed by atoms with Crippen LogP contribution in [0.2, 0.25) is 0 Å². The Labute approximate surface area is 104 Å². The summed E-state index contributed by atoms with van der Waals surface area (Å²) in [5.74, 6) is -0.893. The van der Waals surface area contributed by atoms with E-state index in [0.29, 0.717) is 0 Å². The third kappa shape index (κ3) is 7.16. The van der Waals surface area contributed by atoms with Crippen LogP contribution in [0.4, 0.5) is 0 Å². The summed E-state index contributed by atoms with van der Waals surface area (Å²) in [5.41, 5.74) is 0. The fourth-order valence-electron chi connectivity index (χ4n) is 2.04. The Kier molecular flexibility index (Phi) is 6.94. The molecule has 0 unspecified atom stereocenters. The summed E-state index contributed by atoms with van der Waals surface area (Å²) in [6.07, 6.45) is 13.4. The molecule has 0 amide bonds. The molecule has 3 nitrogen and oxygen atoms in total. The molecule has 0 spiro atoms. The lowest BCUT2D eigenvalue weighted by molar-refractivity contribution is -0.131. The normalized spacial score (nSPS) is 23.1. The summed E-state index contributed by atoms with van der Waals surface area (Å²) in [6.45, 7) is 2.23. The molecule has 1 saturated heterocycles. The maximum absolute atomic E-state index is 10.3. The van der Waals surface area contributed by atoms with Gasteiger partial charge in [0.05, 0.1) is 6.10 Å². The molecule has 1 aliphatic rings. The van der Waals surface area contributed by atoms with Crippen LogP contribution >= 0.6 is 0 Å². The Balaban J connectivity index is 1.87. The van der Waals surface area contributed by atoms with Crippen molar-refractivity contribution >= 4 is 5.97 Å². The first-order valence-electron chi connectivity index (χ1n) is 6.80. The lowest BCUT2D eigenvalue weighted by Crippen LogP contribution is -1.93. The molecule has 0 radical (unpaired) electrons. The van der Waals surface area contributed by atoms with E-state index in [1.165, 1.54) is 51.0 Å². The molecular formula is C14H24O3. The molecule has 0 aromatic carbocycles. The Hall–Kier alpha value is -0.830. The highest BCUT2D eigenvalue weighted by Gasteiger charge is 2.35. The molecule has 0 saturated carbocycles. The molecular weight excluding hydrogens is 216 g/mol. The van der Waals surface area contributed by atoms with Crippen LogP contribution in [0.15, 0.2) is 12.2 Å². The summed E-state index contributed by atoms with van der Waals surface area (Å²) in [4.78, 5) is 10.3. The zero-order valence-electron chi connectivity index (χ0n) is 10.7. The summed E-state index contributed by atoms with van der Waals surface area (Å²) in [5, 5.41) is 8.45. The van der Waals surface area contributed by atoms with Gasteiger partial charge in [0, 0.05) is 6.08 Å². The van der Waals surface area contributed by atoms with Gasteiger partial charge in [0.25, 0.3) is 0 Å². The Bertz CT molecular complexity index is 248. The topological polar surface area (TPSA) is 49.8 Å². The molecule has 1 rings (SSSR count). The van der Waals surface area contributed by atoms with Gasteiger partial charge in [0.15, 0.2) is 0 Å². The molecule has 3 heteroatoms. The van der Waals surface area contributed by atoms with Gasteiger partial charge in [-0.15, -0.1) is 0 Å². The molecule has 0 aromatic heterocycles. The van der Waals surface area contributed by atoms with Crippen LogP contribution in [0.25, 0.3) is 0 Å². The fraction of sp³-hybridized carbons (Fsp3) is 0.786. The number of carbonyl (C=O) groups is 1. The molecule has 0 aromatic rings. The number of ether oxygens (including phenoxy) is 1. The van der Waals surface area contributed by atoms with Gasteiger partial charge in [-0.1, -0.05) is 51.9 Å². The van der Waals surface area contributed by atoms with Gasteiger partial charge in [-0.05, 0) is 12.5 Å². The molecule has 0 bridgehead atoms. The lowest BCUT2D eigenvalue weighted by Gasteiger charge is -1.99. The number of carboxylic acids is 1. The first-order valence-corrected chi connectivity index (χ1v) is 6.80. The summed E-state index contributed by atoms with van der Waals surface area (Å²) in [6, 6.07) is 0. The second-order valence-corrected chi connectivity index (χ2v) is 4.75. The molecule has 1 aliphatic heterocycles. The van der Waals surface area contributed by atoms with Crippen LogP contribution in [-0.4, -0.2) is 23.3 Å². The SMILES string of the molecule is CCCCCCCCC[C@@H]1O[C@H]1/C=C/C(=O)O. The van der Waals surface area contributed by atoms with E-state index in [1.807, 2.05) is 0 Å². The number of epoxide rings is 1. The van der Waals surface area contributed by atoms with E-state index in [1.54, 1.807) is 6.08 Å². The van der Waals surface area contributed by atoms with Gasteiger partial charge in [0.2, 0.25) is 0 Å². The zero-order chi connectivity index (χ0) is 12.5. The summed E-state index contributed by atoms with van der Waals surface area (Å²) >= 11 is 0. The minimum atomic E-state index is -0.893. The number of hydrogen-bond donors (Lipinski definition) is 1. The van der Waals surface area contributed by atoms with E-state index in [-0.39, 0.29) is 12.2 Å². The number of carboxylic acid groups (broad SMARTS) is 1. The molecule has 1 N–H and O–H groups in total. The fourth-order valence-corrected chi connectivity index (χ4v) is 2.04. The monoisotopic (exact) mass is 240 g/mol. The third-order valence-corrected chi connectivity index (χ3v) is 3.14. The van der Waals surface area contributed by atoms with Gasteiger partial charge in [-0.25, -0.2) is 4.79 Å². The van der Waals surface area contributed by atoms with Crippen molar-refractivity contribution in [3.8, 4) is 0 Å². The van der Waals surface area contributed by atoms with Gasteiger partial charge in [-0.3, -0.25) is 0 Å². The number of rotatable bonds is 10. The zero-order valence-corrected chi connectivity index (χ0v) is 10.7. The van der Waals surface area contributed by atoms with E-state index in [2.05, 4.69) is 6.92 Å². The summed E-state index contributed by atoms with van der Waals surface area (Å²) in [7, 11) is 0. The number of aliphatic carboxylic acids is 1. The highest BCUT2D eigenvalue weighted by molar-refractivity contribution is 5.79. The predicted molar refractivity (Wildman–Crippen MR) is 68.0 cm³/mol. The number of unbranched alkanes of at least 4 members (excludes halogenated alkanes) is 6.